The highest BCUT2D eigenvalue weighted by Gasteiger charge is 2.66. The molecule has 7 rings (SSSR count). The van der Waals surface area contributed by atoms with Gasteiger partial charge in [0, 0.05) is 35.7 Å². The van der Waals surface area contributed by atoms with Gasteiger partial charge in [-0.2, -0.15) is 0 Å². The molecule has 3 aromatic rings. The van der Waals surface area contributed by atoms with Crippen LogP contribution in [0.25, 0.3) is 11.1 Å². The van der Waals surface area contributed by atoms with Crippen LogP contribution in [0.1, 0.15) is 40.7 Å². The van der Waals surface area contributed by atoms with E-state index in [1.165, 1.54) is 0 Å². The minimum absolute atomic E-state index is 0.0122. The molecule has 0 unspecified atom stereocenters. The molecule has 1 saturated heterocycles. The number of nitrogens with zero attached hydrogens (tertiary/aromatic N) is 1. The van der Waals surface area contributed by atoms with Crippen molar-refractivity contribution in [2.75, 3.05) is 13.7 Å². The molecule has 0 radical (unpaired) electrons. The summed E-state index contributed by atoms with van der Waals surface area (Å²) in [6.45, 7) is 0.610. The number of furan rings is 1. The average molecular weight is 456 g/mol. The molecule has 1 aromatic heterocycles. The average Bonchev–Trinajstić information content (AvgIpc) is 3.51. The van der Waals surface area contributed by atoms with Crippen molar-refractivity contribution in [2.45, 2.75) is 43.2 Å². The number of carbonyl (C=O) groups is 2. The largest absolute Gasteiger partial charge is 0.493 e. The molecule has 4 aliphatic rings. The van der Waals surface area contributed by atoms with E-state index in [2.05, 4.69) is 4.90 Å². The third kappa shape index (κ3) is 2.41. The van der Waals surface area contributed by atoms with Crippen LogP contribution in [0, 0.1) is 5.92 Å². The number of ketones is 1. The maximum Gasteiger partial charge on any atom is 0.254 e. The molecule has 1 saturated carbocycles. The number of likely N-dealkylation sites (tertiary alicyclic amines) is 1. The molecular weight excluding hydrogens is 430 g/mol. The van der Waals surface area contributed by atoms with Gasteiger partial charge < -0.3 is 18.8 Å². The molecule has 1 amide bonds. The Hall–Kier alpha value is -3.54. The number of Topliss-reactive ketones (excluding diaryl/α,β-unsaturated/α-hetero) is 1. The number of methoxy groups -OCH3 is 1. The zero-order chi connectivity index (χ0) is 23.0. The van der Waals surface area contributed by atoms with Crippen LogP contribution in [0.3, 0.4) is 0 Å². The first-order valence-electron chi connectivity index (χ1n) is 12.0. The van der Waals surface area contributed by atoms with Crippen molar-refractivity contribution in [2.24, 2.45) is 5.92 Å². The van der Waals surface area contributed by atoms with Crippen LogP contribution < -0.4 is 9.47 Å². The standard InChI is InChI=1S/C28H25NO5/c1-32-23-14-18(17-9-12-33-15-17)19-13-21-20-7-8-22(30)26-28(20,24(19)25(23)34-26)10-11-29(21)27(31)16-5-3-2-4-6-16/h2-6,9,12,14-15,20-21,26H,7-8,10-11,13H2,1H3/t20-,21+,26-,28-/m1/s1. The predicted molar refractivity (Wildman–Crippen MR) is 124 cm³/mol. The van der Waals surface area contributed by atoms with E-state index >= 15 is 0 Å². The highest BCUT2D eigenvalue weighted by molar-refractivity contribution is 5.95. The van der Waals surface area contributed by atoms with Crippen LogP contribution in [-0.4, -0.2) is 42.4 Å². The molecule has 34 heavy (non-hydrogen) atoms. The van der Waals surface area contributed by atoms with E-state index in [9.17, 15) is 9.59 Å². The smallest absolute Gasteiger partial charge is 0.254 e. The van der Waals surface area contributed by atoms with Crippen molar-refractivity contribution in [3.8, 4) is 22.6 Å². The van der Waals surface area contributed by atoms with Crippen molar-refractivity contribution in [3.63, 3.8) is 0 Å². The molecule has 3 heterocycles. The van der Waals surface area contributed by atoms with E-state index in [1.54, 1.807) is 19.6 Å². The van der Waals surface area contributed by atoms with Gasteiger partial charge >= 0.3 is 0 Å². The molecule has 2 aliphatic carbocycles. The fraction of sp³-hybridized carbons (Fsp3) is 0.357. The monoisotopic (exact) mass is 455 g/mol. The summed E-state index contributed by atoms with van der Waals surface area (Å²) in [6.07, 6.45) is 5.60. The molecule has 6 heteroatoms. The lowest BCUT2D eigenvalue weighted by atomic mass is 9.51. The molecule has 0 N–H and O–H groups in total. The van der Waals surface area contributed by atoms with E-state index < -0.39 is 11.5 Å². The molecule has 172 valence electrons. The van der Waals surface area contributed by atoms with E-state index in [0.29, 0.717) is 30.7 Å². The molecule has 2 bridgehead atoms. The summed E-state index contributed by atoms with van der Waals surface area (Å²) >= 11 is 0. The summed E-state index contributed by atoms with van der Waals surface area (Å²) in [5.74, 6) is 1.78. The molecular formula is C28H25NO5. The van der Waals surface area contributed by atoms with E-state index in [1.807, 2.05) is 42.5 Å². The number of rotatable bonds is 3. The van der Waals surface area contributed by atoms with Gasteiger partial charge in [0.15, 0.2) is 23.4 Å². The summed E-state index contributed by atoms with van der Waals surface area (Å²) in [5, 5.41) is 0. The molecule has 4 atom stereocenters. The Kier molecular flexibility index (Phi) is 4.08. The minimum Gasteiger partial charge on any atom is -0.493 e. The Labute approximate surface area is 197 Å². The van der Waals surface area contributed by atoms with Gasteiger partial charge in [-0.3, -0.25) is 9.59 Å². The van der Waals surface area contributed by atoms with Crippen LogP contribution in [0.5, 0.6) is 11.5 Å². The van der Waals surface area contributed by atoms with Crippen LogP contribution in [-0.2, 0) is 16.6 Å². The van der Waals surface area contributed by atoms with Crippen molar-refractivity contribution in [1.82, 2.24) is 4.90 Å². The molecule has 2 aromatic carbocycles. The zero-order valence-electron chi connectivity index (χ0n) is 19.0. The maximum atomic E-state index is 13.6. The Morgan fingerprint density at radius 2 is 2.06 bits per heavy atom. The van der Waals surface area contributed by atoms with Gasteiger partial charge in [-0.15, -0.1) is 0 Å². The van der Waals surface area contributed by atoms with Gasteiger partial charge in [0.1, 0.15) is 0 Å². The Balaban J connectivity index is 1.45. The second kappa shape index (κ2) is 6.98. The maximum absolute atomic E-state index is 13.6. The summed E-state index contributed by atoms with van der Waals surface area (Å²) < 4.78 is 17.7. The Morgan fingerprint density at radius 3 is 2.82 bits per heavy atom. The van der Waals surface area contributed by atoms with Crippen LogP contribution in [0.15, 0.2) is 59.4 Å². The number of benzene rings is 2. The van der Waals surface area contributed by atoms with Gasteiger partial charge in [0.25, 0.3) is 5.91 Å². The number of hydrogen-bond acceptors (Lipinski definition) is 5. The summed E-state index contributed by atoms with van der Waals surface area (Å²) in [5.41, 5.74) is 4.58. The third-order valence-electron chi connectivity index (χ3n) is 8.56. The molecule has 1 spiro atoms. The Morgan fingerprint density at radius 1 is 1.21 bits per heavy atom. The lowest BCUT2D eigenvalue weighted by molar-refractivity contribution is -0.137. The second-order valence-electron chi connectivity index (χ2n) is 9.86. The molecule has 2 fully saturated rings. The van der Waals surface area contributed by atoms with E-state index in [-0.39, 0.29) is 23.7 Å². The van der Waals surface area contributed by atoms with Gasteiger partial charge in [-0.05, 0) is 60.6 Å². The SMILES string of the molecule is COc1cc(-c2ccoc2)c2c3c1O[C@@H]1C(=O)CC[C@@H]4[C@H](C2)N(C(=O)c2ccccc2)CC[C@@]314. The predicted octanol–water partition coefficient (Wildman–Crippen LogP) is 4.40. The number of piperidine rings is 1. The topological polar surface area (TPSA) is 69.0 Å². The minimum atomic E-state index is -0.509. The second-order valence-corrected chi connectivity index (χ2v) is 9.86. The quantitative estimate of drug-likeness (QED) is 0.585. The lowest BCUT2D eigenvalue weighted by Gasteiger charge is -2.57. The van der Waals surface area contributed by atoms with Crippen molar-refractivity contribution in [3.05, 3.63) is 71.7 Å². The van der Waals surface area contributed by atoms with Crippen LogP contribution in [0.4, 0.5) is 0 Å². The first-order valence-corrected chi connectivity index (χ1v) is 12.0. The number of carbonyl (C=O) groups excluding carboxylic acids is 2. The molecule has 6 nitrogen and oxygen atoms in total. The van der Waals surface area contributed by atoms with E-state index in [4.69, 9.17) is 13.9 Å². The van der Waals surface area contributed by atoms with Gasteiger partial charge in [0.05, 0.1) is 25.1 Å². The fourth-order valence-corrected chi connectivity index (χ4v) is 7.23. The van der Waals surface area contributed by atoms with E-state index in [0.717, 1.165) is 40.8 Å². The normalized spacial score (nSPS) is 28.3. The van der Waals surface area contributed by atoms with Crippen LogP contribution >= 0.6 is 0 Å². The van der Waals surface area contributed by atoms with Crippen molar-refractivity contribution >= 4 is 11.7 Å². The molecule has 2 aliphatic heterocycles. The first kappa shape index (κ1) is 19.9. The first-order chi connectivity index (χ1) is 16.6. The highest BCUT2D eigenvalue weighted by atomic mass is 16.5. The van der Waals surface area contributed by atoms with Gasteiger partial charge in [0.2, 0.25) is 0 Å². The fourth-order valence-electron chi connectivity index (χ4n) is 7.23. The number of hydrogen-bond donors (Lipinski definition) is 0. The Bertz CT molecular complexity index is 1310. The number of amides is 1. The van der Waals surface area contributed by atoms with Crippen LogP contribution in [0.2, 0.25) is 0 Å². The zero-order valence-corrected chi connectivity index (χ0v) is 19.0. The van der Waals surface area contributed by atoms with Crippen molar-refractivity contribution < 1.29 is 23.5 Å². The van der Waals surface area contributed by atoms with Gasteiger partial charge in [-0.1, -0.05) is 18.2 Å². The van der Waals surface area contributed by atoms with Crippen molar-refractivity contribution in [1.29, 1.82) is 0 Å². The van der Waals surface area contributed by atoms with Gasteiger partial charge in [-0.25, -0.2) is 0 Å². The highest BCUT2D eigenvalue weighted by Crippen LogP contribution is 2.64. The third-order valence-corrected chi connectivity index (χ3v) is 8.56. The summed E-state index contributed by atoms with van der Waals surface area (Å²) in [4.78, 5) is 28.9. The summed E-state index contributed by atoms with van der Waals surface area (Å²) in [6, 6.07) is 13.5. The summed E-state index contributed by atoms with van der Waals surface area (Å²) in [7, 11) is 1.65. The number of ether oxygens (including phenoxy) is 2. The lowest BCUT2D eigenvalue weighted by Crippen LogP contribution is -2.67.